The lowest BCUT2D eigenvalue weighted by Crippen LogP contribution is -2.00. The molecule has 3 unspecified atom stereocenters. The van der Waals surface area contributed by atoms with Crippen molar-refractivity contribution in [2.75, 3.05) is 0 Å². The first kappa shape index (κ1) is 147. The standard InChI is InChI=1S/C13H28.C12H26.3C11H24.3C10H22.2C9H20.C8H18.C7H16/c1-4-7-10-13(11-8-5-2)12-9-6-3;1-4-7-10-12(9-6-3)11-8-5-2;1-4-7-8-9-10-11(5-2)6-3;1-4-7-9-11(6-3)10-8-5-2;1-4-7-10-11(8-5-2)9-6-3;1-4-5-6-7-8-9-10(2)3;1-4-6-8-10(3)9-7-5-2;1-4-7-9-10(6-3)8-5-2;1-4-6-8-9(3)7-5-2;1-4-7-8-9(5-2)6-3;1-4-6-7-8(3)5-2;1-4-5-6-7(2)3/h13H,4-12H2,1-3H3;12H,4-11H2,1-3H3;3*11H,4-10H2,1-3H3;3*10H,4-9H2,1-3H3;2*9H,4-8H2,1-3H3;8H,4-7H2,1-3H3;7H,4-6H2,1-3H3. The van der Waals surface area contributed by atoms with Crippen LogP contribution in [-0.4, -0.2) is 0 Å². The molecule has 0 heterocycles. The Morgan fingerprint density at radius 1 is 0.0992 bits per heavy atom. The molecule has 0 amide bonds. The molecule has 0 aliphatic rings. The summed E-state index contributed by atoms with van der Waals surface area (Å²) in [6.07, 6.45) is 103. The molecule has 750 valence electrons. The summed E-state index contributed by atoms with van der Waals surface area (Å²) in [5.74, 6) is 11.9. The number of hydrogen-bond donors (Lipinski definition) is 0. The number of hydrogen-bond acceptors (Lipinski definition) is 0. The maximum Gasteiger partial charge on any atom is -0.0414 e. The molecule has 3 atom stereocenters. The van der Waals surface area contributed by atoms with Crippen molar-refractivity contribution < 1.29 is 0 Å². The van der Waals surface area contributed by atoms with Crippen LogP contribution in [0.4, 0.5) is 0 Å². The Morgan fingerprint density at radius 3 is 0.488 bits per heavy atom. The van der Waals surface area contributed by atoms with Gasteiger partial charge in [-0.15, -0.1) is 0 Å². The summed E-state index contributed by atoms with van der Waals surface area (Å²) in [6.45, 7) is 82.5. The van der Waals surface area contributed by atoms with Gasteiger partial charge in [-0.05, 0) is 71.0 Å². The van der Waals surface area contributed by atoms with Gasteiger partial charge in [-0.2, -0.15) is 0 Å². The summed E-state index contributed by atoms with van der Waals surface area (Å²) in [5, 5.41) is 0. The second kappa shape index (κ2) is 143. The van der Waals surface area contributed by atoms with Crippen molar-refractivity contribution in [3.63, 3.8) is 0 Å². The SMILES string of the molecule is CCCCC(C)C.CCCCC(C)CC.CCCCC(C)CCC.CCCCC(C)CCCC.CCCCC(CC)CC.CCCCC(CC)CCC.CCCCC(CC)CCCC.CCCCC(CCC)CCC.CCCCC(CCC)CCCC.CCCCC(CCCC)CCCC.CCCCCCC(CC)CC.CCCCCCCC(C)C. The molecule has 0 saturated heterocycles. The van der Waals surface area contributed by atoms with E-state index in [1.54, 1.807) is 0 Å². The van der Waals surface area contributed by atoms with Gasteiger partial charge < -0.3 is 0 Å². The summed E-state index contributed by atoms with van der Waals surface area (Å²) in [4.78, 5) is 0. The molecule has 0 aliphatic carbocycles. The highest BCUT2D eigenvalue weighted by Gasteiger charge is 2.11. The average Bonchev–Trinajstić information content (AvgIpc) is 1.03. The van der Waals surface area contributed by atoms with Crippen LogP contribution in [0.15, 0.2) is 0 Å². The third-order valence-electron chi connectivity index (χ3n) is 26.1. The van der Waals surface area contributed by atoms with E-state index in [0.717, 1.165) is 71.0 Å². The highest BCUT2D eigenvalue weighted by atomic mass is 14.2. The summed E-state index contributed by atoms with van der Waals surface area (Å²) in [5.41, 5.74) is 0. The normalized spacial score (nSPS) is 11.5. The third kappa shape index (κ3) is 161. The van der Waals surface area contributed by atoms with Crippen LogP contribution in [0.2, 0.25) is 0 Å². The van der Waals surface area contributed by atoms with Crippen LogP contribution < -0.4 is 0 Å². The van der Waals surface area contributed by atoms with Crippen molar-refractivity contribution in [2.45, 2.75) is 718 Å². The van der Waals surface area contributed by atoms with Crippen molar-refractivity contribution in [1.82, 2.24) is 0 Å². The Bertz CT molecular complexity index is 1410. The van der Waals surface area contributed by atoms with E-state index in [4.69, 9.17) is 0 Å². The summed E-state index contributed by atoms with van der Waals surface area (Å²) >= 11 is 0. The molecule has 0 fully saturated rings. The lowest BCUT2D eigenvalue weighted by atomic mass is 9.91. The maximum atomic E-state index is 2.38. The number of rotatable bonds is 73. The van der Waals surface area contributed by atoms with Gasteiger partial charge in [0.1, 0.15) is 0 Å². The van der Waals surface area contributed by atoms with Crippen molar-refractivity contribution in [3.05, 3.63) is 0 Å². The second-order valence-corrected chi connectivity index (χ2v) is 40.2. The average molecular weight is 1720 g/mol. The molecular weight excluding hydrogens is 1450 g/mol. The Morgan fingerprint density at radius 2 is 0.256 bits per heavy atom. The van der Waals surface area contributed by atoms with Crippen LogP contribution >= 0.6 is 0 Å². The molecule has 0 nitrogen and oxygen atoms in total. The van der Waals surface area contributed by atoms with Crippen molar-refractivity contribution in [2.24, 2.45) is 71.0 Å². The first-order valence-electron chi connectivity index (χ1n) is 58.4. The molecule has 0 radical (unpaired) electrons. The predicted molar refractivity (Wildman–Crippen MR) is 583 cm³/mol. The first-order chi connectivity index (χ1) is 58.4. The van der Waals surface area contributed by atoms with E-state index in [0.29, 0.717) is 0 Å². The highest BCUT2D eigenvalue weighted by molar-refractivity contribution is 4.64. The van der Waals surface area contributed by atoms with E-state index >= 15 is 0 Å². The summed E-state index contributed by atoms with van der Waals surface area (Å²) < 4.78 is 0. The van der Waals surface area contributed by atoms with Crippen LogP contribution in [0.3, 0.4) is 0 Å². The van der Waals surface area contributed by atoms with E-state index in [9.17, 15) is 0 Å². The maximum absolute atomic E-state index is 2.38. The zero-order chi connectivity index (χ0) is 94.5. The van der Waals surface area contributed by atoms with Gasteiger partial charge in [0.25, 0.3) is 0 Å². The molecule has 0 N–H and O–H groups in total. The van der Waals surface area contributed by atoms with Gasteiger partial charge in [-0.3, -0.25) is 0 Å². The summed E-state index contributed by atoms with van der Waals surface area (Å²) in [6, 6.07) is 0. The van der Waals surface area contributed by atoms with E-state index in [1.807, 2.05) is 0 Å². The van der Waals surface area contributed by atoms with Gasteiger partial charge in [-0.25, -0.2) is 0 Å². The van der Waals surface area contributed by atoms with Crippen molar-refractivity contribution in [1.29, 1.82) is 0 Å². The smallest absolute Gasteiger partial charge is 0.0414 e. The third-order valence-corrected chi connectivity index (χ3v) is 26.1. The molecule has 0 heteroatoms. The molecule has 0 saturated carbocycles. The molecule has 121 heavy (non-hydrogen) atoms. The predicted octanol–water partition coefficient (Wildman–Crippen LogP) is 48.4. The van der Waals surface area contributed by atoms with Crippen molar-refractivity contribution >= 4 is 0 Å². The Kier molecular flexibility index (Phi) is 173. The largest absolute Gasteiger partial charge is 0.0654 e. The van der Waals surface area contributed by atoms with E-state index < -0.39 is 0 Å². The molecule has 0 rings (SSSR count). The van der Waals surface area contributed by atoms with Crippen LogP contribution in [0.25, 0.3) is 0 Å². The Labute approximate surface area is 784 Å². The molecule has 0 bridgehead atoms. The van der Waals surface area contributed by atoms with E-state index in [-0.39, 0.29) is 0 Å². The quantitative estimate of drug-likeness (QED) is 0.0533. The molecular formula is C121H266. The Balaban J connectivity index is -0.000000107. The van der Waals surface area contributed by atoms with Crippen LogP contribution in [0.1, 0.15) is 718 Å². The van der Waals surface area contributed by atoms with Crippen LogP contribution in [0, 0.1) is 71.0 Å². The Hall–Kier alpha value is 0. The molecule has 0 aromatic carbocycles. The lowest BCUT2D eigenvalue weighted by Gasteiger charge is -2.15. The van der Waals surface area contributed by atoms with Crippen LogP contribution in [-0.2, 0) is 0 Å². The fraction of sp³-hybridized carbons (Fsp3) is 1.00. The monoisotopic (exact) mass is 1720 g/mol. The molecule has 0 aliphatic heterocycles. The molecule has 0 aromatic rings. The van der Waals surface area contributed by atoms with Crippen molar-refractivity contribution in [3.8, 4) is 0 Å². The fourth-order valence-electron chi connectivity index (χ4n) is 16.2. The topological polar surface area (TPSA) is 0 Å². The van der Waals surface area contributed by atoms with E-state index in [2.05, 4.69) is 249 Å². The zero-order valence-corrected chi connectivity index (χ0v) is 94.5. The zero-order valence-electron chi connectivity index (χ0n) is 94.5. The minimum Gasteiger partial charge on any atom is -0.0654 e. The minimum atomic E-state index is 0.903. The summed E-state index contributed by atoms with van der Waals surface area (Å²) in [7, 11) is 0. The van der Waals surface area contributed by atoms with Crippen LogP contribution in [0.5, 0.6) is 0 Å². The van der Waals surface area contributed by atoms with Gasteiger partial charge in [0.15, 0.2) is 0 Å². The lowest BCUT2D eigenvalue weighted by molar-refractivity contribution is 0.382. The molecule has 0 spiro atoms. The van der Waals surface area contributed by atoms with E-state index in [1.165, 1.54) is 469 Å². The fourth-order valence-corrected chi connectivity index (χ4v) is 16.2. The van der Waals surface area contributed by atoms with Gasteiger partial charge in [0.05, 0.1) is 0 Å². The highest BCUT2D eigenvalue weighted by Crippen LogP contribution is 2.26. The molecule has 0 aromatic heterocycles. The van der Waals surface area contributed by atoms with Gasteiger partial charge in [0, 0.05) is 0 Å². The van der Waals surface area contributed by atoms with Gasteiger partial charge in [-0.1, -0.05) is 718 Å². The minimum absolute atomic E-state index is 0.903. The number of unbranched alkanes of at least 4 members (excludes halogenated alkanes) is 22. The first-order valence-corrected chi connectivity index (χ1v) is 58.4. The van der Waals surface area contributed by atoms with Gasteiger partial charge in [0.2, 0.25) is 0 Å². The second-order valence-electron chi connectivity index (χ2n) is 40.2. The van der Waals surface area contributed by atoms with Gasteiger partial charge >= 0.3 is 0 Å².